The third-order valence-corrected chi connectivity index (χ3v) is 6.80. The molecule has 9 nitrogen and oxygen atoms in total. The summed E-state index contributed by atoms with van der Waals surface area (Å²) in [4.78, 5) is 29.8. The van der Waals surface area contributed by atoms with E-state index >= 15 is 0 Å². The number of benzene rings is 4. The first-order valence-corrected chi connectivity index (χ1v) is 13.2. The number of nitrogens with zero attached hydrogens (tertiary/aromatic N) is 4. The number of anilines is 1. The Morgan fingerprint density at radius 1 is 0.878 bits per heavy atom. The van der Waals surface area contributed by atoms with Gasteiger partial charge in [-0.2, -0.15) is 0 Å². The van der Waals surface area contributed by atoms with E-state index < -0.39 is 6.04 Å². The van der Waals surface area contributed by atoms with Crippen LogP contribution in [0.1, 0.15) is 22.7 Å². The van der Waals surface area contributed by atoms with Gasteiger partial charge in [-0.05, 0) is 30.2 Å². The Morgan fingerprint density at radius 2 is 1.54 bits per heavy atom. The van der Waals surface area contributed by atoms with Crippen LogP contribution in [-0.2, 0) is 22.7 Å². The molecule has 1 N–H and O–H groups in total. The Hall–Kier alpha value is -5.18. The Balaban J connectivity index is 1.60. The number of methoxy groups -OCH3 is 2. The molecular weight excluding hydrogens is 518 g/mol. The number of rotatable bonds is 10. The third-order valence-electron chi connectivity index (χ3n) is 6.80. The molecule has 1 aromatic heterocycles. The summed E-state index contributed by atoms with van der Waals surface area (Å²) in [5.74, 6) is 0.263. The van der Waals surface area contributed by atoms with Gasteiger partial charge in [-0.15, -0.1) is 5.10 Å². The summed E-state index contributed by atoms with van der Waals surface area (Å²) in [7, 11) is 3.08. The molecule has 5 rings (SSSR count). The van der Waals surface area contributed by atoms with Crippen molar-refractivity contribution in [3.8, 4) is 11.5 Å². The molecule has 0 aliphatic carbocycles. The molecule has 0 spiro atoms. The number of para-hydroxylation sites is 1. The van der Waals surface area contributed by atoms with Gasteiger partial charge in [0.2, 0.25) is 11.8 Å². The van der Waals surface area contributed by atoms with Crippen molar-refractivity contribution in [2.75, 3.05) is 19.1 Å². The predicted octanol–water partition coefficient (Wildman–Crippen LogP) is 4.85. The lowest BCUT2D eigenvalue weighted by atomic mass is 10.0. The van der Waals surface area contributed by atoms with E-state index in [9.17, 15) is 9.59 Å². The highest BCUT2D eigenvalue weighted by molar-refractivity contribution is 6.02. The van der Waals surface area contributed by atoms with Gasteiger partial charge >= 0.3 is 0 Å². The summed E-state index contributed by atoms with van der Waals surface area (Å²) in [5, 5.41) is 11.4. The van der Waals surface area contributed by atoms with E-state index in [0.717, 1.165) is 11.1 Å². The van der Waals surface area contributed by atoms with E-state index in [4.69, 9.17) is 9.47 Å². The van der Waals surface area contributed by atoms with Crippen molar-refractivity contribution in [1.29, 1.82) is 0 Å². The number of aromatic nitrogens is 3. The summed E-state index contributed by atoms with van der Waals surface area (Å²) in [6.45, 7) is 2.13. The van der Waals surface area contributed by atoms with Crippen molar-refractivity contribution in [3.05, 3.63) is 114 Å². The first kappa shape index (κ1) is 27.4. The molecular formula is C32H31N5O4. The average Bonchev–Trinajstić information content (AvgIpc) is 3.41. The number of hydrogen-bond donors (Lipinski definition) is 1. The number of amides is 2. The van der Waals surface area contributed by atoms with Gasteiger partial charge in [0.1, 0.15) is 29.6 Å². The molecule has 1 atom stereocenters. The van der Waals surface area contributed by atoms with Crippen molar-refractivity contribution in [3.63, 3.8) is 0 Å². The third kappa shape index (κ3) is 6.19. The molecule has 0 bridgehead atoms. The minimum atomic E-state index is -1.00. The maximum atomic E-state index is 14.3. The second-order valence-electron chi connectivity index (χ2n) is 9.59. The van der Waals surface area contributed by atoms with Gasteiger partial charge in [0, 0.05) is 24.7 Å². The lowest BCUT2D eigenvalue weighted by molar-refractivity contribution is -0.127. The predicted molar refractivity (Wildman–Crippen MR) is 157 cm³/mol. The first-order chi connectivity index (χ1) is 20.0. The highest BCUT2D eigenvalue weighted by Gasteiger charge is 2.34. The fourth-order valence-corrected chi connectivity index (χ4v) is 4.66. The molecule has 2 amide bonds. The Kier molecular flexibility index (Phi) is 8.24. The van der Waals surface area contributed by atoms with Crippen LogP contribution in [0.3, 0.4) is 0 Å². The molecule has 1 heterocycles. The van der Waals surface area contributed by atoms with Crippen molar-refractivity contribution >= 4 is 28.5 Å². The van der Waals surface area contributed by atoms with Gasteiger partial charge in [0.05, 0.1) is 25.4 Å². The number of hydrogen-bond acceptors (Lipinski definition) is 6. The molecule has 9 heteroatoms. The van der Waals surface area contributed by atoms with E-state index in [2.05, 4.69) is 15.6 Å². The highest BCUT2D eigenvalue weighted by atomic mass is 16.5. The van der Waals surface area contributed by atoms with Crippen LogP contribution >= 0.6 is 0 Å². The van der Waals surface area contributed by atoms with Gasteiger partial charge in [-0.1, -0.05) is 77.5 Å². The minimum absolute atomic E-state index is 0.144. The maximum Gasteiger partial charge on any atom is 0.249 e. The summed E-state index contributed by atoms with van der Waals surface area (Å²) in [6, 6.07) is 28.8. The average molecular weight is 550 g/mol. The molecule has 0 fully saturated rings. The number of nitrogens with one attached hydrogen (secondary N) is 1. The zero-order valence-corrected chi connectivity index (χ0v) is 23.2. The zero-order valence-electron chi connectivity index (χ0n) is 23.2. The van der Waals surface area contributed by atoms with Crippen LogP contribution in [-0.4, -0.2) is 41.0 Å². The van der Waals surface area contributed by atoms with Gasteiger partial charge < -0.3 is 14.8 Å². The van der Waals surface area contributed by atoms with Gasteiger partial charge in [0.25, 0.3) is 0 Å². The molecule has 0 saturated carbocycles. The lowest BCUT2D eigenvalue weighted by Gasteiger charge is -2.32. The van der Waals surface area contributed by atoms with E-state index in [1.807, 2.05) is 85.8 Å². The number of aryl methyl sites for hydroxylation is 1. The van der Waals surface area contributed by atoms with Gasteiger partial charge in [0.15, 0.2) is 0 Å². The van der Waals surface area contributed by atoms with Crippen molar-refractivity contribution in [1.82, 2.24) is 20.3 Å². The zero-order chi connectivity index (χ0) is 28.8. The second-order valence-corrected chi connectivity index (χ2v) is 9.59. The fraction of sp³-hybridized carbons (Fsp3) is 0.188. The van der Waals surface area contributed by atoms with Gasteiger partial charge in [-0.25, -0.2) is 4.68 Å². The molecule has 1 unspecified atom stereocenters. The number of carbonyl (C=O) groups excluding carboxylic acids is 2. The molecule has 0 aliphatic rings. The molecule has 0 radical (unpaired) electrons. The van der Waals surface area contributed by atoms with E-state index in [-0.39, 0.29) is 18.4 Å². The molecule has 0 saturated heterocycles. The molecule has 0 aliphatic heterocycles. The Morgan fingerprint density at radius 3 is 2.22 bits per heavy atom. The number of carbonyl (C=O) groups is 2. The monoisotopic (exact) mass is 549 g/mol. The second kappa shape index (κ2) is 12.3. The summed E-state index contributed by atoms with van der Waals surface area (Å²) in [6.07, 6.45) is 0. The largest absolute Gasteiger partial charge is 0.497 e. The van der Waals surface area contributed by atoms with Crippen molar-refractivity contribution < 1.29 is 19.1 Å². The highest BCUT2D eigenvalue weighted by Crippen LogP contribution is 2.34. The summed E-state index contributed by atoms with van der Waals surface area (Å²) in [5.41, 5.74) is 4.46. The molecule has 208 valence electrons. The topological polar surface area (TPSA) is 98.6 Å². The molecule has 5 aromatic rings. The maximum absolute atomic E-state index is 14.3. The molecule has 4 aromatic carbocycles. The normalized spacial score (nSPS) is 11.6. The van der Waals surface area contributed by atoms with Crippen molar-refractivity contribution in [2.24, 2.45) is 0 Å². The lowest BCUT2D eigenvalue weighted by Crippen LogP contribution is -2.45. The van der Waals surface area contributed by atoms with Crippen LogP contribution in [0.2, 0.25) is 0 Å². The number of fused-ring (bicyclic) bond motifs is 1. The Bertz CT molecular complexity index is 1630. The van der Waals surface area contributed by atoms with Crippen LogP contribution in [0.25, 0.3) is 11.0 Å². The SMILES string of the molecule is COc1cc(OC)cc(N(C(=O)Cn2nnc3ccccc32)C(C(=O)NCc2ccccc2)c2ccc(C)cc2)c1. The van der Waals surface area contributed by atoms with Crippen LogP contribution in [0.4, 0.5) is 5.69 Å². The number of ether oxygens (including phenoxy) is 2. The smallest absolute Gasteiger partial charge is 0.249 e. The van der Waals surface area contributed by atoms with Crippen LogP contribution in [0.15, 0.2) is 97.1 Å². The standard InChI is InChI=1S/C32H31N5O4/c1-22-13-15-24(16-14-22)31(32(39)33-20-23-9-5-4-6-10-23)37(25-17-26(40-2)19-27(18-25)41-3)30(38)21-36-29-12-8-7-11-28(29)34-35-36/h4-19,31H,20-21H2,1-3H3,(H,33,39). The van der Waals surface area contributed by atoms with Crippen molar-refractivity contribution in [2.45, 2.75) is 26.1 Å². The molecule has 41 heavy (non-hydrogen) atoms. The quantitative estimate of drug-likeness (QED) is 0.268. The van der Waals surface area contributed by atoms with E-state index in [0.29, 0.717) is 40.3 Å². The minimum Gasteiger partial charge on any atom is -0.497 e. The summed E-state index contributed by atoms with van der Waals surface area (Å²) < 4.78 is 12.6. The van der Waals surface area contributed by atoms with E-state index in [1.54, 1.807) is 18.2 Å². The summed E-state index contributed by atoms with van der Waals surface area (Å²) >= 11 is 0. The van der Waals surface area contributed by atoms with Crippen LogP contribution < -0.4 is 19.7 Å². The fourth-order valence-electron chi connectivity index (χ4n) is 4.66. The van der Waals surface area contributed by atoms with Crippen LogP contribution in [0.5, 0.6) is 11.5 Å². The van der Waals surface area contributed by atoms with Gasteiger partial charge in [-0.3, -0.25) is 14.5 Å². The van der Waals surface area contributed by atoms with Crippen LogP contribution in [0, 0.1) is 6.92 Å². The Labute approximate surface area is 238 Å². The van der Waals surface area contributed by atoms with E-state index in [1.165, 1.54) is 23.8 Å². The first-order valence-electron chi connectivity index (χ1n) is 13.2.